The van der Waals surface area contributed by atoms with E-state index in [4.69, 9.17) is 4.74 Å². The normalized spacial score (nSPS) is 52.1. The van der Waals surface area contributed by atoms with E-state index in [2.05, 4.69) is 39.8 Å². The number of allylic oxidation sites excluding steroid dienone is 3. The predicted octanol–water partition coefficient (Wildman–Crippen LogP) is 5.48. The third kappa shape index (κ3) is 2.12. The van der Waals surface area contributed by atoms with Crippen LogP contribution in [-0.2, 0) is 4.74 Å². The van der Waals surface area contributed by atoms with Crippen molar-refractivity contribution in [2.24, 2.45) is 39.9 Å². The summed E-state index contributed by atoms with van der Waals surface area (Å²) in [7, 11) is 0. The van der Waals surface area contributed by atoms with Crippen LogP contribution in [0.2, 0.25) is 0 Å². The first-order chi connectivity index (χ1) is 12.3. The Morgan fingerprint density at radius 1 is 0.962 bits per heavy atom. The molecule has 0 radical (unpaired) electrons. The molecule has 26 heavy (non-hydrogen) atoms. The molecule has 5 aliphatic rings. The highest BCUT2D eigenvalue weighted by atomic mass is 16.6. The lowest BCUT2D eigenvalue weighted by Gasteiger charge is -2.62. The molecule has 144 valence electrons. The average molecular weight is 357 g/mol. The van der Waals surface area contributed by atoms with Crippen LogP contribution in [-0.4, -0.2) is 18.0 Å². The molecule has 0 aromatic rings. The van der Waals surface area contributed by atoms with E-state index in [1.807, 2.05) is 0 Å². The number of aliphatic hydroxyl groups is 1. The fourth-order valence-electron chi connectivity index (χ4n) is 8.37. The largest absolute Gasteiger partial charge is 0.367 e. The molecular formula is C24H36O2. The third-order valence-corrected chi connectivity index (χ3v) is 9.67. The second-order valence-electron chi connectivity index (χ2n) is 11.2. The Morgan fingerprint density at radius 3 is 2.58 bits per heavy atom. The first kappa shape index (κ1) is 17.5. The Balaban J connectivity index is 1.55. The smallest absolute Gasteiger partial charge is 0.162 e. The minimum absolute atomic E-state index is 0.176. The van der Waals surface area contributed by atoms with Crippen LogP contribution >= 0.6 is 0 Å². The van der Waals surface area contributed by atoms with Crippen molar-refractivity contribution >= 4 is 0 Å². The van der Waals surface area contributed by atoms with Gasteiger partial charge in [-0.05, 0) is 78.1 Å². The van der Waals surface area contributed by atoms with Crippen LogP contribution in [0.5, 0.6) is 0 Å². The lowest BCUT2D eigenvalue weighted by atomic mass is 9.42. The van der Waals surface area contributed by atoms with Gasteiger partial charge >= 0.3 is 0 Å². The Bertz CT molecular complexity index is 674. The molecule has 4 aliphatic carbocycles. The Hall–Kier alpha value is -0.600. The molecule has 1 saturated heterocycles. The van der Waals surface area contributed by atoms with Gasteiger partial charge in [-0.25, -0.2) is 0 Å². The predicted molar refractivity (Wildman–Crippen MR) is 104 cm³/mol. The van der Waals surface area contributed by atoms with Gasteiger partial charge in [0.1, 0.15) is 0 Å². The molecule has 0 unspecified atom stereocenters. The second-order valence-corrected chi connectivity index (χ2v) is 11.2. The maximum absolute atomic E-state index is 10.5. The van der Waals surface area contributed by atoms with Crippen LogP contribution < -0.4 is 0 Å². The maximum atomic E-state index is 10.5. The van der Waals surface area contributed by atoms with Gasteiger partial charge in [-0.1, -0.05) is 51.8 Å². The van der Waals surface area contributed by atoms with Crippen molar-refractivity contribution in [3.63, 3.8) is 0 Å². The van der Waals surface area contributed by atoms with Crippen LogP contribution in [0, 0.1) is 39.9 Å². The molecule has 2 saturated carbocycles. The summed E-state index contributed by atoms with van der Waals surface area (Å²) in [6, 6.07) is 0. The van der Waals surface area contributed by atoms with Crippen LogP contribution in [0.25, 0.3) is 0 Å². The highest BCUT2D eigenvalue weighted by Crippen LogP contribution is 2.67. The van der Waals surface area contributed by atoms with E-state index < -0.39 is 6.29 Å². The summed E-state index contributed by atoms with van der Waals surface area (Å²) in [6.07, 6.45) is 13.6. The summed E-state index contributed by atoms with van der Waals surface area (Å²) in [5.74, 6) is 2.41. The summed E-state index contributed by atoms with van der Waals surface area (Å²) in [5.41, 5.74) is 4.25. The Kier molecular flexibility index (Phi) is 3.68. The molecule has 7 atom stereocenters. The maximum Gasteiger partial charge on any atom is 0.162 e. The minimum Gasteiger partial charge on any atom is -0.367 e. The molecule has 0 aromatic heterocycles. The molecule has 5 rings (SSSR count). The van der Waals surface area contributed by atoms with Gasteiger partial charge in [0.2, 0.25) is 0 Å². The molecule has 0 spiro atoms. The van der Waals surface area contributed by atoms with E-state index in [1.54, 1.807) is 5.57 Å². The number of fused-ring (bicyclic) bond motifs is 7. The summed E-state index contributed by atoms with van der Waals surface area (Å²) < 4.78 is 5.65. The van der Waals surface area contributed by atoms with E-state index >= 15 is 0 Å². The zero-order valence-electron chi connectivity index (χ0n) is 17.1. The summed E-state index contributed by atoms with van der Waals surface area (Å²) in [5, 5.41) is 10.5. The van der Waals surface area contributed by atoms with Gasteiger partial charge in [-0.3, -0.25) is 0 Å². The Morgan fingerprint density at radius 2 is 1.77 bits per heavy atom. The van der Waals surface area contributed by atoms with Gasteiger partial charge in [0.05, 0.1) is 6.61 Å². The average Bonchev–Trinajstić information content (AvgIpc) is 2.95. The van der Waals surface area contributed by atoms with Gasteiger partial charge in [0, 0.05) is 5.92 Å². The molecule has 3 fully saturated rings. The molecule has 1 aliphatic heterocycles. The summed E-state index contributed by atoms with van der Waals surface area (Å²) in [6.45, 7) is 10.7. The topological polar surface area (TPSA) is 29.5 Å². The van der Waals surface area contributed by atoms with Crippen LogP contribution in [0.3, 0.4) is 0 Å². The molecular weight excluding hydrogens is 320 g/mol. The van der Waals surface area contributed by atoms with E-state index in [9.17, 15) is 5.11 Å². The van der Waals surface area contributed by atoms with E-state index in [0.717, 1.165) is 18.3 Å². The van der Waals surface area contributed by atoms with Crippen molar-refractivity contribution in [1.82, 2.24) is 0 Å². The fourth-order valence-corrected chi connectivity index (χ4v) is 8.37. The van der Waals surface area contributed by atoms with E-state index in [0.29, 0.717) is 23.4 Å². The van der Waals surface area contributed by atoms with Crippen LogP contribution in [0.4, 0.5) is 0 Å². The summed E-state index contributed by atoms with van der Waals surface area (Å²) >= 11 is 0. The van der Waals surface area contributed by atoms with Crippen molar-refractivity contribution in [3.05, 3.63) is 23.3 Å². The molecule has 0 bridgehead atoms. The zero-order chi connectivity index (χ0) is 18.3. The molecule has 2 heteroatoms. The van der Waals surface area contributed by atoms with Gasteiger partial charge in [0.15, 0.2) is 6.29 Å². The van der Waals surface area contributed by atoms with Gasteiger partial charge in [0.25, 0.3) is 0 Å². The first-order valence-electron chi connectivity index (χ1n) is 11.0. The van der Waals surface area contributed by atoms with E-state index in [-0.39, 0.29) is 11.3 Å². The van der Waals surface area contributed by atoms with Crippen molar-refractivity contribution in [3.8, 4) is 0 Å². The SMILES string of the molecule is CC1(C)CCC[C@]2(C)[C@H]3CC[C@]4(C)[C@@H]5C(=CC[C@H]4C3=CC[C@@H]12)CO[C@H]5O. The van der Waals surface area contributed by atoms with Crippen molar-refractivity contribution in [2.75, 3.05) is 6.61 Å². The zero-order valence-corrected chi connectivity index (χ0v) is 17.1. The van der Waals surface area contributed by atoms with E-state index in [1.165, 1.54) is 44.1 Å². The summed E-state index contributed by atoms with van der Waals surface area (Å²) in [4.78, 5) is 0. The fraction of sp³-hybridized carbons (Fsp3) is 0.833. The minimum atomic E-state index is -0.591. The third-order valence-electron chi connectivity index (χ3n) is 9.67. The highest BCUT2D eigenvalue weighted by molar-refractivity contribution is 5.33. The van der Waals surface area contributed by atoms with Crippen molar-refractivity contribution in [2.45, 2.75) is 78.9 Å². The lowest BCUT2D eigenvalue weighted by Crippen LogP contribution is -2.54. The van der Waals surface area contributed by atoms with Crippen LogP contribution in [0.1, 0.15) is 72.6 Å². The van der Waals surface area contributed by atoms with Crippen LogP contribution in [0.15, 0.2) is 23.3 Å². The highest BCUT2D eigenvalue weighted by Gasteiger charge is 2.60. The molecule has 1 heterocycles. The molecule has 0 aromatic carbocycles. The van der Waals surface area contributed by atoms with Gasteiger partial charge in [-0.15, -0.1) is 0 Å². The monoisotopic (exact) mass is 356 g/mol. The number of aliphatic hydroxyl groups excluding tert-OH is 1. The number of rotatable bonds is 0. The standard InChI is InChI=1S/C24H36O2/c1-22(2)11-5-12-23(3)18-10-13-24(4)17(16(18)7-9-19(22)23)8-6-15-14-26-21(25)20(15)24/h6-7,17-21,25H,5,8-14H2,1-4H3/t17-,18-,19-,20+,21+,23+,24-/m0/s1. The van der Waals surface area contributed by atoms with Crippen molar-refractivity contribution < 1.29 is 9.84 Å². The number of hydrogen-bond donors (Lipinski definition) is 1. The molecule has 2 nitrogen and oxygen atoms in total. The quantitative estimate of drug-likeness (QED) is 0.583. The first-order valence-corrected chi connectivity index (χ1v) is 11.0. The lowest BCUT2D eigenvalue weighted by molar-refractivity contribution is -0.128. The molecule has 1 N–H and O–H groups in total. The Labute approximate surface area is 159 Å². The molecule has 0 amide bonds. The van der Waals surface area contributed by atoms with Gasteiger partial charge in [-0.2, -0.15) is 0 Å². The second kappa shape index (κ2) is 5.47. The van der Waals surface area contributed by atoms with Gasteiger partial charge < -0.3 is 9.84 Å². The van der Waals surface area contributed by atoms with Crippen molar-refractivity contribution in [1.29, 1.82) is 0 Å². The number of ether oxygens (including phenoxy) is 1. The number of hydrogen-bond acceptors (Lipinski definition) is 2.